The van der Waals surface area contributed by atoms with Crippen LogP contribution in [-0.4, -0.2) is 13.2 Å². The van der Waals surface area contributed by atoms with Crippen molar-refractivity contribution in [2.45, 2.75) is 32.2 Å². The largest absolute Gasteiger partial charge is 0.493 e. The minimum atomic E-state index is 0.0321. The summed E-state index contributed by atoms with van der Waals surface area (Å²) in [6.45, 7) is 3.90. The Morgan fingerprint density at radius 2 is 2.19 bits per heavy atom. The van der Waals surface area contributed by atoms with Gasteiger partial charge in [-0.05, 0) is 66.7 Å². The zero-order valence-electron chi connectivity index (χ0n) is 12.2. The van der Waals surface area contributed by atoms with E-state index in [0.29, 0.717) is 5.22 Å². The van der Waals surface area contributed by atoms with Crippen molar-refractivity contribution in [1.29, 1.82) is 0 Å². The van der Waals surface area contributed by atoms with E-state index in [4.69, 9.17) is 20.8 Å². The van der Waals surface area contributed by atoms with Crippen molar-refractivity contribution >= 4 is 11.6 Å². The number of ether oxygens (including phenoxy) is 1. The highest BCUT2D eigenvalue weighted by Crippen LogP contribution is 2.31. The first-order valence-corrected chi connectivity index (χ1v) is 7.90. The molecule has 0 saturated heterocycles. The number of nitrogens with one attached hydrogen (secondary N) is 1. The number of fused-ring (bicyclic) bond motifs is 1. The van der Waals surface area contributed by atoms with E-state index in [9.17, 15) is 0 Å². The third-order valence-electron chi connectivity index (χ3n) is 3.74. The van der Waals surface area contributed by atoms with Crippen LogP contribution in [0.15, 0.2) is 34.7 Å². The Labute approximate surface area is 130 Å². The summed E-state index contributed by atoms with van der Waals surface area (Å²) in [4.78, 5) is 0. The van der Waals surface area contributed by atoms with E-state index < -0.39 is 0 Å². The predicted molar refractivity (Wildman–Crippen MR) is 84.1 cm³/mol. The summed E-state index contributed by atoms with van der Waals surface area (Å²) in [5.41, 5.74) is 2.47. The van der Waals surface area contributed by atoms with Crippen LogP contribution in [0.3, 0.4) is 0 Å². The molecule has 0 fully saturated rings. The number of benzene rings is 1. The molecule has 0 bridgehead atoms. The molecule has 4 heteroatoms. The first kappa shape index (κ1) is 14.5. The van der Waals surface area contributed by atoms with Gasteiger partial charge in [0.05, 0.1) is 12.6 Å². The molecule has 3 rings (SSSR count). The van der Waals surface area contributed by atoms with Gasteiger partial charge in [0, 0.05) is 0 Å². The Morgan fingerprint density at radius 1 is 1.29 bits per heavy atom. The zero-order valence-corrected chi connectivity index (χ0v) is 13.0. The average Bonchev–Trinajstić information content (AvgIpc) is 2.94. The van der Waals surface area contributed by atoms with Crippen molar-refractivity contribution in [1.82, 2.24) is 5.32 Å². The van der Waals surface area contributed by atoms with Crippen LogP contribution in [0.1, 0.15) is 42.7 Å². The van der Waals surface area contributed by atoms with Gasteiger partial charge in [0.1, 0.15) is 11.5 Å². The molecule has 1 aromatic carbocycles. The van der Waals surface area contributed by atoms with Gasteiger partial charge in [0.2, 0.25) is 0 Å². The van der Waals surface area contributed by atoms with Crippen molar-refractivity contribution in [2.24, 2.45) is 0 Å². The topological polar surface area (TPSA) is 34.4 Å². The van der Waals surface area contributed by atoms with Gasteiger partial charge < -0.3 is 14.5 Å². The molecule has 1 aliphatic rings. The third kappa shape index (κ3) is 3.25. The summed E-state index contributed by atoms with van der Waals surface area (Å²) in [7, 11) is 0. The molecule has 2 heterocycles. The molecule has 112 valence electrons. The highest BCUT2D eigenvalue weighted by Gasteiger charge is 2.19. The molecule has 3 nitrogen and oxygen atoms in total. The monoisotopic (exact) mass is 305 g/mol. The van der Waals surface area contributed by atoms with Crippen LogP contribution in [-0.2, 0) is 6.42 Å². The van der Waals surface area contributed by atoms with Crippen LogP contribution in [0, 0.1) is 0 Å². The van der Waals surface area contributed by atoms with Gasteiger partial charge in [0.25, 0.3) is 0 Å². The molecule has 0 amide bonds. The summed E-state index contributed by atoms with van der Waals surface area (Å²) in [5, 5.41) is 3.95. The van der Waals surface area contributed by atoms with Crippen LogP contribution in [0.25, 0.3) is 0 Å². The van der Waals surface area contributed by atoms with E-state index in [1.165, 1.54) is 11.1 Å². The lowest BCUT2D eigenvalue weighted by molar-refractivity contribution is 0.288. The van der Waals surface area contributed by atoms with Gasteiger partial charge >= 0.3 is 0 Å². The molecule has 1 aliphatic heterocycles. The minimum absolute atomic E-state index is 0.0321. The molecule has 0 spiro atoms. The van der Waals surface area contributed by atoms with Crippen molar-refractivity contribution < 1.29 is 9.15 Å². The van der Waals surface area contributed by atoms with E-state index in [2.05, 4.69) is 30.4 Å². The molecule has 2 aromatic rings. The third-order valence-corrected chi connectivity index (χ3v) is 3.95. The van der Waals surface area contributed by atoms with Crippen LogP contribution >= 0.6 is 11.6 Å². The first-order valence-electron chi connectivity index (χ1n) is 7.52. The van der Waals surface area contributed by atoms with Gasteiger partial charge in [-0.2, -0.15) is 0 Å². The molecular formula is C17H20ClNO2. The lowest BCUT2D eigenvalue weighted by Gasteiger charge is -2.21. The van der Waals surface area contributed by atoms with E-state index in [-0.39, 0.29) is 6.04 Å². The van der Waals surface area contributed by atoms with Crippen molar-refractivity contribution in [2.75, 3.05) is 13.2 Å². The van der Waals surface area contributed by atoms with Gasteiger partial charge in [-0.25, -0.2) is 0 Å². The molecule has 0 radical (unpaired) electrons. The number of hydrogen-bond donors (Lipinski definition) is 1. The second-order valence-electron chi connectivity index (χ2n) is 5.35. The van der Waals surface area contributed by atoms with E-state index in [0.717, 1.165) is 43.9 Å². The molecule has 1 atom stereocenters. The van der Waals surface area contributed by atoms with Gasteiger partial charge in [-0.1, -0.05) is 19.1 Å². The smallest absolute Gasteiger partial charge is 0.193 e. The summed E-state index contributed by atoms with van der Waals surface area (Å²) in [6, 6.07) is 10.1. The second kappa shape index (κ2) is 6.54. The molecule has 1 N–H and O–H groups in total. The SMILES string of the molecule is CCCNC(c1ccc2c(c1)CCCO2)c1ccc(Cl)o1. The Hall–Kier alpha value is -1.45. The van der Waals surface area contributed by atoms with Gasteiger partial charge in [0.15, 0.2) is 5.22 Å². The van der Waals surface area contributed by atoms with Gasteiger partial charge in [-0.3, -0.25) is 0 Å². The minimum Gasteiger partial charge on any atom is -0.493 e. The van der Waals surface area contributed by atoms with E-state index >= 15 is 0 Å². The fraction of sp³-hybridized carbons (Fsp3) is 0.412. The summed E-state index contributed by atoms with van der Waals surface area (Å²) in [5.74, 6) is 1.86. The van der Waals surface area contributed by atoms with Crippen LogP contribution in [0.4, 0.5) is 0 Å². The lowest BCUT2D eigenvalue weighted by Crippen LogP contribution is -2.23. The summed E-state index contributed by atoms with van der Waals surface area (Å²) >= 11 is 5.93. The highest BCUT2D eigenvalue weighted by molar-refractivity contribution is 6.28. The fourth-order valence-electron chi connectivity index (χ4n) is 2.71. The Kier molecular flexibility index (Phi) is 4.51. The number of aryl methyl sites for hydroxylation is 1. The highest BCUT2D eigenvalue weighted by atomic mass is 35.5. The first-order chi connectivity index (χ1) is 10.3. The van der Waals surface area contributed by atoms with Crippen LogP contribution < -0.4 is 10.1 Å². The molecule has 1 unspecified atom stereocenters. The standard InChI is InChI=1S/C17H20ClNO2/c1-2-9-19-17(15-7-8-16(18)21-15)13-5-6-14-12(11-13)4-3-10-20-14/h5-8,11,17,19H,2-4,9-10H2,1H3. The average molecular weight is 306 g/mol. The maximum absolute atomic E-state index is 5.93. The summed E-state index contributed by atoms with van der Waals surface area (Å²) in [6.07, 6.45) is 3.22. The van der Waals surface area contributed by atoms with E-state index in [1.807, 2.05) is 6.07 Å². The predicted octanol–water partition coefficient (Wildman–Crippen LogP) is 4.35. The van der Waals surface area contributed by atoms with Crippen molar-refractivity contribution in [3.05, 3.63) is 52.4 Å². The summed E-state index contributed by atoms with van der Waals surface area (Å²) < 4.78 is 11.3. The lowest BCUT2D eigenvalue weighted by atomic mass is 9.98. The van der Waals surface area contributed by atoms with E-state index in [1.54, 1.807) is 6.07 Å². The van der Waals surface area contributed by atoms with Gasteiger partial charge in [-0.15, -0.1) is 0 Å². The molecule has 21 heavy (non-hydrogen) atoms. The fourth-order valence-corrected chi connectivity index (χ4v) is 2.87. The second-order valence-corrected chi connectivity index (χ2v) is 5.72. The van der Waals surface area contributed by atoms with Crippen LogP contribution in [0.5, 0.6) is 5.75 Å². The van der Waals surface area contributed by atoms with Crippen LogP contribution in [0.2, 0.25) is 5.22 Å². The molecular weight excluding hydrogens is 286 g/mol. The number of halogens is 1. The molecule has 0 saturated carbocycles. The Balaban J connectivity index is 1.92. The maximum Gasteiger partial charge on any atom is 0.193 e. The Morgan fingerprint density at radius 3 is 2.95 bits per heavy atom. The molecule has 1 aromatic heterocycles. The Bertz CT molecular complexity index is 609. The van der Waals surface area contributed by atoms with Crippen molar-refractivity contribution in [3.8, 4) is 5.75 Å². The molecule has 0 aliphatic carbocycles. The zero-order chi connectivity index (χ0) is 14.7. The number of rotatable bonds is 5. The number of furan rings is 1. The normalized spacial score (nSPS) is 15.3. The quantitative estimate of drug-likeness (QED) is 0.892. The number of hydrogen-bond acceptors (Lipinski definition) is 3. The van der Waals surface area contributed by atoms with Crippen molar-refractivity contribution in [3.63, 3.8) is 0 Å². The maximum atomic E-state index is 5.93.